The van der Waals surface area contributed by atoms with E-state index in [0.717, 1.165) is 6.42 Å². The van der Waals surface area contributed by atoms with Crippen LogP contribution in [0, 0.1) is 5.82 Å². The van der Waals surface area contributed by atoms with Crippen molar-refractivity contribution < 1.29 is 4.39 Å². The maximum atomic E-state index is 13.1. The van der Waals surface area contributed by atoms with Gasteiger partial charge in [-0.3, -0.25) is 0 Å². The van der Waals surface area contributed by atoms with Gasteiger partial charge in [-0.15, -0.1) is 0 Å². The fraction of sp³-hybridized carbons (Fsp3) is 0.417. The van der Waals surface area contributed by atoms with Crippen LogP contribution in [-0.4, -0.2) is 10.7 Å². The lowest BCUT2D eigenvalue weighted by Crippen LogP contribution is -2.44. The maximum absolute atomic E-state index is 13.1. The Kier molecular flexibility index (Phi) is 4.89. The van der Waals surface area contributed by atoms with Crippen molar-refractivity contribution in [2.45, 2.75) is 32.7 Å². The first-order chi connectivity index (χ1) is 7.82. The lowest BCUT2D eigenvalue weighted by molar-refractivity contribution is 0.448. The molecule has 0 saturated carbocycles. The lowest BCUT2D eigenvalue weighted by atomic mass is 10.0. The zero-order chi connectivity index (χ0) is 13.1. The van der Waals surface area contributed by atoms with Crippen molar-refractivity contribution in [2.24, 2.45) is 0 Å². The molecule has 0 amide bonds. The summed E-state index contributed by atoms with van der Waals surface area (Å²) in [4.78, 5) is 0. The zero-order valence-electron chi connectivity index (χ0n) is 10.1. The van der Waals surface area contributed by atoms with Crippen LogP contribution in [0.3, 0.4) is 0 Å². The molecule has 5 heteroatoms. The normalized spacial score (nSPS) is 11.1. The highest BCUT2D eigenvalue weighted by Gasteiger charge is 2.15. The van der Waals surface area contributed by atoms with Crippen molar-refractivity contribution in [1.29, 1.82) is 0 Å². The topological polar surface area (TPSA) is 24.1 Å². The second-order valence-corrected chi connectivity index (χ2v) is 5.80. The molecule has 0 unspecified atom stereocenters. The number of thiocarbonyl (C=S) groups is 1. The fourth-order valence-electron chi connectivity index (χ4n) is 1.18. The van der Waals surface area contributed by atoms with Crippen LogP contribution >= 0.6 is 28.1 Å². The van der Waals surface area contributed by atoms with Gasteiger partial charge in [0.15, 0.2) is 5.11 Å². The van der Waals surface area contributed by atoms with Crippen LogP contribution in [0.2, 0.25) is 0 Å². The van der Waals surface area contributed by atoms with E-state index in [1.54, 1.807) is 6.07 Å². The molecule has 0 heterocycles. The van der Waals surface area contributed by atoms with Gasteiger partial charge < -0.3 is 10.6 Å². The number of rotatable bonds is 3. The largest absolute Gasteiger partial charge is 0.358 e. The molecule has 17 heavy (non-hydrogen) atoms. The Morgan fingerprint density at radius 1 is 1.41 bits per heavy atom. The highest BCUT2D eigenvalue weighted by Crippen LogP contribution is 2.18. The molecule has 0 aliphatic heterocycles. The second kappa shape index (κ2) is 5.78. The van der Waals surface area contributed by atoms with E-state index in [2.05, 4.69) is 47.3 Å². The summed E-state index contributed by atoms with van der Waals surface area (Å²) in [5.41, 5.74) is 0.551. The number of nitrogens with one attached hydrogen (secondary N) is 2. The summed E-state index contributed by atoms with van der Waals surface area (Å²) in [6.07, 6.45) is 0.946. The van der Waals surface area contributed by atoms with Gasteiger partial charge in [-0.25, -0.2) is 4.39 Å². The molecule has 0 atom stereocenters. The minimum atomic E-state index is -0.306. The molecule has 0 aromatic heterocycles. The average molecular weight is 319 g/mol. The molecule has 0 radical (unpaired) electrons. The molecule has 0 aliphatic carbocycles. The monoisotopic (exact) mass is 318 g/mol. The Morgan fingerprint density at radius 3 is 2.59 bits per heavy atom. The molecule has 1 aromatic rings. The van der Waals surface area contributed by atoms with Gasteiger partial charge in [0.25, 0.3) is 0 Å². The predicted octanol–water partition coefficient (Wildman–Crippen LogP) is 4.06. The Hall–Kier alpha value is -0.680. The molecule has 0 aliphatic rings. The van der Waals surface area contributed by atoms with E-state index in [-0.39, 0.29) is 11.4 Å². The van der Waals surface area contributed by atoms with Crippen molar-refractivity contribution >= 4 is 38.9 Å². The molecule has 2 nitrogen and oxygen atoms in total. The van der Waals surface area contributed by atoms with Crippen LogP contribution in [-0.2, 0) is 0 Å². The van der Waals surface area contributed by atoms with Crippen LogP contribution in [0.4, 0.5) is 10.1 Å². The van der Waals surface area contributed by atoms with Gasteiger partial charge in [0.05, 0.1) is 0 Å². The highest BCUT2D eigenvalue weighted by molar-refractivity contribution is 9.10. The van der Waals surface area contributed by atoms with Gasteiger partial charge in [-0.2, -0.15) is 0 Å². The average Bonchev–Trinajstić information content (AvgIpc) is 2.14. The van der Waals surface area contributed by atoms with Gasteiger partial charge in [0.2, 0.25) is 0 Å². The van der Waals surface area contributed by atoms with Crippen molar-refractivity contribution in [3.8, 4) is 0 Å². The summed E-state index contributed by atoms with van der Waals surface area (Å²) < 4.78 is 13.8. The summed E-state index contributed by atoms with van der Waals surface area (Å²) in [6.45, 7) is 6.19. The van der Waals surface area contributed by atoms with E-state index in [4.69, 9.17) is 12.2 Å². The van der Waals surface area contributed by atoms with E-state index in [9.17, 15) is 4.39 Å². The number of anilines is 1. The third-order valence-corrected chi connectivity index (χ3v) is 3.12. The number of hydrogen-bond acceptors (Lipinski definition) is 1. The van der Waals surface area contributed by atoms with Gasteiger partial charge >= 0.3 is 0 Å². The first-order valence-electron chi connectivity index (χ1n) is 5.37. The Morgan fingerprint density at radius 2 is 2.06 bits per heavy atom. The molecule has 0 fully saturated rings. The summed E-state index contributed by atoms with van der Waals surface area (Å²) in [5, 5.41) is 6.64. The number of halogens is 2. The highest BCUT2D eigenvalue weighted by atomic mass is 79.9. The maximum Gasteiger partial charge on any atom is 0.171 e. The van der Waals surface area contributed by atoms with Crippen molar-refractivity contribution in [1.82, 2.24) is 5.32 Å². The molecule has 0 bridgehead atoms. The summed E-state index contributed by atoms with van der Waals surface area (Å²) >= 11 is 8.41. The smallest absolute Gasteiger partial charge is 0.171 e. The van der Waals surface area contributed by atoms with Gasteiger partial charge in [-0.1, -0.05) is 22.9 Å². The van der Waals surface area contributed by atoms with Crippen molar-refractivity contribution in [2.75, 3.05) is 5.32 Å². The van der Waals surface area contributed by atoms with E-state index in [0.29, 0.717) is 15.3 Å². The molecular formula is C12H16BrFN2S. The Labute approximate surface area is 115 Å². The number of hydrogen-bond donors (Lipinski definition) is 2. The van der Waals surface area contributed by atoms with E-state index in [1.165, 1.54) is 12.1 Å². The minimum Gasteiger partial charge on any atom is -0.358 e. The number of benzene rings is 1. The molecule has 0 saturated heterocycles. The molecular weight excluding hydrogens is 303 g/mol. The van der Waals surface area contributed by atoms with Crippen LogP contribution in [0.1, 0.15) is 27.2 Å². The quantitative estimate of drug-likeness (QED) is 0.822. The van der Waals surface area contributed by atoms with E-state index in [1.807, 2.05) is 0 Å². The standard InChI is InChI=1S/C12H16BrFN2S/c1-4-12(2,3)16-11(17)15-10-6-8(13)5-9(14)7-10/h5-7H,4H2,1-3H3,(H2,15,16,17). The van der Waals surface area contributed by atoms with Gasteiger partial charge in [-0.05, 0) is 50.7 Å². The zero-order valence-corrected chi connectivity index (χ0v) is 12.5. The molecule has 94 valence electrons. The van der Waals surface area contributed by atoms with E-state index < -0.39 is 0 Å². The molecule has 1 aromatic carbocycles. The van der Waals surface area contributed by atoms with Gasteiger partial charge in [0, 0.05) is 15.7 Å². The SMILES string of the molecule is CCC(C)(C)NC(=S)Nc1cc(F)cc(Br)c1. The van der Waals surface area contributed by atoms with Crippen LogP contribution < -0.4 is 10.6 Å². The van der Waals surface area contributed by atoms with Crippen LogP contribution in [0.25, 0.3) is 0 Å². The first kappa shape index (κ1) is 14.4. The third-order valence-electron chi connectivity index (χ3n) is 2.46. The fourth-order valence-corrected chi connectivity index (χ4v) is 2.04. The van der Waals surface area contributed by atoms with Crippen molar-refractivity contribution in [3.63, 3.8) is 0 Å². The molecule has 0 spiro atoms. The Balaban J connectivity index is 2.68. The van der Waals surface area contributed by atoms with Crippen LogP contribution in [0.5, 0.6) is 0 Å². The summed E-state index contributed by atoms with van der Waals surface area (Å²) in [6, 6.07) is 4.57. The van der Waals surface area contributed by atoms with Gasteiger partial charge in [0.1, 0.15) is 5.82 Å². The van der Waals surface area contributed by atoms with E-state index >= 15 is 0 Å². The van der Waals surface area contributed by atoms with Crippen molar-refractivity contribution in [3.05, 3.63) is 28.5 Å². The summed E-state index contributed by atoms with van der Waals surface area (Å²) in [7, 11) is 0. The summed E-state index contributed by atoms with van der Waals surface area (Å²) in [5.74, 6) is -0.306. The molecule has 1 rings (SSSR count). The third kappa shape index (κ3) is 5.00. The predicted molar refractivity (Wildman–Crippen MR) is 77.8 cm³/mol. The molecule has 2 N–H and O–H groups in total. The lowest BCUT2D eigenvalue weighted by Gasteiger charge is -2.26. The Bertz CT molecular complexity index is 401. The van der Waals surface area contributed by atoms with Crippen LogP contribution in [0.15, 0.2) is 22.7 Å². The first-order valence-corrected chi connectivity index (χ1v) is 6.58. The minimum absolute atomic E-state index is 0.0748. The second-order valence-electron chi connectivity index (χ2n) is 4.47.